The molecule has 0 fully saturated rings. The predicted octanol–water partition coefficient (Wildman–Crippen LogP) is 2.84. The van der Waals surface area contributed by atoms with Crippen LogP contribution in [0.25, 0.3) is 0 Å². The molecule has 0 unspecified atom stereocenters. The van der Waals surface area contributed by atoms with Gasteiger partial charge in [-0.2, -0.15) is 0 Å². The SMILES string of the molecule is COc1ccc(CNC(=O)c2ccco2)c(C)c1C. The summed E-state index contributed by atoms with van der Waals surface area (Å²) < 4.78 is 10.3. The van der Waals surface area contributed by atoms with Crippen molar-refractivity contribution in [2.24, 2.45) is 0 Å². The Hall–Kier alpha value is -2.23. The van der Waals surface area contributed by atoms with E-state index < -0.39 is 0 Å². The van der Waals surface area contributed by atoms with Crippen LogP contribution >= 0.6 is 0 Å². The standard InChI is InChI=1S/C15H17NO3/c1-10-11(2)13(18-3)7-6-12(10)9-16-15(17)14-5-4-8-19-14/h4-8H,9H2,1-3H3,(H,16,17). The third kappa shape index (κ3) is 2.78. The van der Waals surface area contributed by atoms with Crippen LogP contribution in [0.4, 0.5) is 0 Å². The summed E-state index contributed by atoms with van der Waals surface area (Å²) in [7, 11) is 1.65. The van der Waals surface area contributed by atoms with Gasteiger partial charge in [-0.25, -0.2) is 0 Å². The molecule has 1 N–H and O–H groups in total. The second-order valence-corrected chi connectivity index (χ2v) is 4.34. The number of benzene rings is 1. The highest BCUT2D eigenvalue weighted by Crippen LogP contribution is 2.23. The predicted molar refractivity (Wildman–Crippen MR) is 72.3 cm³/mol. The largest absolute Gasteiger partial charge is 0.496 e. The van der Waals surface area contributed by atoms with Crippen LogP contribution in [0, 0.1) is 13.8 Å². The summed E-state index contributed by atoms with van der Waals surface area (Å²) in [6, 6.07) is 7.21. The van der Waals surface area contributed by atoms with Crippen molar-refractivity contribution in [2.75, 3.05) is 7.11 Å². The second kappa shape index (κ2) is 5.61. The van der Waals surface area contributed by atoms with E-state index in [4.69, 9.17) is 9.15 Å². The van der Waals surface area contributed by atoms with Crippen molar-refractivity contribution in [3.05, 3.63) is 53.0 Å². The number of ether oxygens (including phenoxy) is 1. The topological polar surface area (TPSA) is 51.5 Å². The van der Waals surface area contributed by atoms with Gasteiger partial charge in [0.1, 0.15) is 5.75 Å². The molecule has 4 nitrogen and oxygen atoms in total. The van der Waals surface area contributed by atoms with Crippen molar-refractivity contribution in [3.8, 4) is 5.75 Å². The zero-order chi connectivity index (χ0) is 13.8. The summed E-state index contributed by atoms with van der Waals surface area (Å²) in [6.07, 6.45) is 1.48. The average Bonchev–Trinajstić information content (AvgIpc) is 2.94. The molecule has 0 radical (unpaired) electrons. The lowest BCUT2D eigenvalue weighted by molar-refractivity contribution is 0.0923. The maximum Gasteiger partial charge on any atom is 0.287 e. The summed E-state index contributed by atoms with van der Waals surface area (Å²) in [4.78, 5) is 11.8. The number of methoxy groups -OCH3 is 1. The van der Waals surface area contributed by atoms with Crippen molar-refractivity contribution in [1.29, 1.82) is 0 Å². The van der Waals surface area contributed by atoms with Gasteiger partial charge < -0.3 is 14.5 Å². The zero-order valence-electron chi connectivity index (χ0n) is 11.3. The number of carbonyl (C=O) groups is 1. The molecular formula is C15H17NO3. The highest BCUT2D eigenvalue weighted by molar-refractivity contribution is 5.91. The Balaban J connectivity index is 2.08. The Labute approximate surface area is 112 Å². The molecular weight excluding hydrogens is 242 g/mol. The number of hydrogen-bond acceptors (Lipinski definition) is 3. The normalized spacial score (nSPS) is 10.3. The van der Waals surface area contributed by atoms with Gasteiger partial charge in [0.05, 0.1) is 13.4 Å². The van der Waals surface area contributed by atoms with Gasteiger partial charge in [0.2, 0.25) is 0 Å². The molecule has 2 aromatic rings. The number of amides is 1. The van der Waals surface area contributed by atoms with Gasteiger partial charge in [0.25, 0.3) is 5.91 Å². The molecule has 0 bridgehead atoms. The Morgan fingerprint density at radius 2 is 2.05 bits per heavy atom. The van der Waals surface area contributed by atoms with E-state index in [1.807, 2.05) is 26.0 Å². The van der Waals surface area contributed by atoms with Crippen LogP contribution < -0.4 is 10.1 Å². The lowest BCUT2D eigenvalue weighted by Gasteiger charge is -2.12. The molecule has 0 aliphatic heterocycles. The number of carbonyl (C=O) groups excluding carboxylic acids is 1. The van der Waals surface area contributed by atoms with Crippen molar-refractivity contribution in [2.45, 2.75) is 20.4 Å². The number of furan rings is 1. The summed E-state index contributed by atoms with van der Waals surface area (Å²) >= 11 is 0. The van der Waals surface area contributed by atoms with Gasteiger partial charge in [-0.1, -0.05) is 6.07 Å². The molecule has 0 atom stereocenters. The first-order chi connectivity index (χ1) is 9.13. The molecule has 19 heavy (non-hydrogen) atoms. The zero-order valence-corrected chi connectivity index (χ0v) is 11.3. The maximum absolute atomic E-state index is 11.8. The van der Waals surface area contributed by atoms with Crippen LogP contribution in [0.1, 0.15) is 27.2 Å². The second-order valence-electron chi connectivity index (χ2n) is 4.34. The quantitative estimate of drug-likeness (QED) is 0.918. The lowest BCUT2D eigenvalue weighted by Crippen LogP contribution is -2.22. The van der Waals surface area contributed by atoms with E-state index in [-0.39, 0.29) is 5.91 Å². The summed E-state index contributed by atoms with van der Waals surface area (Å²) in [5, 5.41) is 2.83. The molecule has 0 aliphatic rings. The maximum atomic E-state index is 11.8. The van der Waals surface area contributed by atoms with Crippen LogP contribution in [0.5, 0.6) is 5.75 Å². The fourth-order valence-corrected chi connectivity index (χ4v) is 1.93. The molecule has 1 heterocycles. The highest BCUT2D eigenvalue weighted by Gasteiger charge is 2.10. The Morgan fingerprint density at radius 3 is 2.68 bits per heavy atom. The molecule has 1 aromatic carbocycles. The van der Waals surface area contributed by atoms with Crippen molar-refractivity contribution in [3.63, 3.8) is 0 Å². The van der Waals surface area contributed by atoms with E-state index in [2.05, 4.69) is 5.32 Å². The minimum atomic E-state index is -0.210. The monoisotopic (exact) mass is 259 g/mol. The first kappa shape index (κ1) is 13.2. The van der Waals surface area contributed by atoms with Gasteiger partial charge in [-0.15, -0.1) is 0 Å². The van der Waals surface area contributed by atoms with Crippen LogP contribution in [-0.2, 0) is 6.54 Å². The Kier molecular flexibility index (Phi) is 3.90. The molecule has 4 heteroatoms. The first-order valence-corrected chi connectivity index (χ1v) is 6.08. The van der Waals surface area contributed by atoms with E-state index >= 15 is 0 Å². The fourth-order valence-electron chi connectivity index (χ4n) is 1.93. The lowest BCUT2D eigenvalue weighted by atomic mass is 10.0. The summed E-state index contributed by atoms with van der Waals surface area (Å²) in [6.45, 7) is 4.49. The number of nitrogens with one attached hydrogen (secondary N) is 1. The van der Waals surface area contributed by atoms with E-state index in [0.29, 0.717) is 12.3 Å². The summed E-state index contributed by atoms with van der Waals surface area (Å²) in [5.41, 5.74) is 3.28. The Bertz CT molecular complexity index is 573. The minimum absolute atomic E-state index is 0.210. The van der Waals surface area contributed by atoms with Crippen LogP contribution in [-0.4, -0.2) is 13.0 Å². The third-order valence-electron chi connectivity index (χ3n) is 3.25. The molecule has 1 amide bonds. The molecule has 100 valence electrons. The average molecular weight is 259 g/mol. The van der Waals surface area contributed by atoms with Gasteiger partial charge in [-0.3, -0.25) is 4.79 Å². The van der Waals surface area contributed by atoms with Gasteiger partial charge >= 0.3 is 0 Å². The highest BCUT2D eigenvalue weighted by atomic mass is 16.5. The number of hydrogen-bond donors (Lipinski definition) is 1. The van der Waals surface area contributed by atoms with Crippen molar-refractivity contribution in [1.82, 2.24) is 5.32 Å². The van der Waals surface area contributed by atoms with Crippen LogP contribution in [0.15, 0.2) is 34.9 Å². The number of rotatable bonds is 4. The fraction of sp³-hybridized carbons (Fsp3) is 0.267. The van der Waals surface area contributed by atoms with Gasteiger partial charge in [-0.05, 0) is 48.7 Å². The molecule has 0 saturated carbocycles. The van der Waals surface area contributed by atoms with Gasteiger partial charge in [0.15, 0.2) is 5.76 Å². The minimum Gasteiger partial charge on any atom is -0.496 e. The molecule has 2 rings (SSSR count). The van der Waals surface area contributed by atoms with Crippen molar-refractivity contribution >= 4 is 5.91 Å². The van der Waals surface area contributed by atoms with E-state index in [9.17, 15) is 4.79 Å². The van der Waals surface area contributed by atoms with E-state index in [1.165, 1.54) is 6.26 Å². The smallest absolute Gasteiger partial charge is 0.287 e. The molecule has 1 aromatic heterocycles. The molecule has 0 spiro atoms. The van der Waals surface area contributed by atoms with Crippen LogP contribution in [0.2, 0.25) is 0 Å². The molecule has 0 saturated heterocycles. The van der Waals surface area contributed by atoms with E-state index in [1.54, 1.807) is 19.2 Å². The van der Waals surface area contributed by atoms with Gasteiger partial charge in [0, 0.05) is 6.54 Å². The Morgan fingerprint density at radius 1 is 1.26 bits per heavy atom. The summed E-state index contributed by atoms with van der Waals surface area (Å²) in [5.74, 6) is 0.972. The van der Waals surface area contributed by atoms with E-state index in [0.717, 1.165) is 22.4 Å². The first-order valence-electron chi connectivity index (χ1n) is 6.08. The van der Waals surface area contributed by atoms with Crippen molar-refractivity contribution < 1.29 is 13.9 Å². The third-order valence-corrected chi connectivity index (χ3v) is 3.25. The van der Waals surface area contributed by atoms with Crippen LogP contribution in [0.3, 0.4) is 0 Å². The molecule has 0 aliphatic carbocycles.